The molecule has 3 heterocycles. The minimum Gasteiger partial charge on any atom is -0.490 e. The van der Waals surface area contributed by atoms with E-state index in [1.54, 1.807) is 20.3 Å². The fourth-order valence-corrected chi connectivity index (χ4v) is 10.4. The van der Waals surface area contributed by atoms with Crippen LogP contribution in [0.15, 0.2) is 52.9 Å². The molecule has 2 bridgehead atoms. The first-order valence-electron chi connectivity index (χ1n) is 17.8. The number of amides is 3. The number of urea groups is 1. The highest BCUT2D eigenvalue weighted by Crippen LogP contribution is 2.47. The van der Waals surface area contributed by atoms with E-state index in [0.29, 0.717) is 43.5 Å². The van der Waals surface area contributed by atoms with Crippen molar-refractivity contribution in [1.29, 1.82) is 0 Å². The summed E-state index contributed by atoms with van der Waals surface area (Å²) in [7, 11) is -0.0732. The van der Waals surface area contributed by atoms with Gasteiger partial charge in [0.1, 0.15) is 15.7 Å². The molecule has 0 radical (unpaired) electrons. The number of aryl methyl sites for hydroxylation is 2. The molecular formula is C38H50N4O6S. The van der Waals surface area contributed by atoms with E-state index in [1.165, 1.54) is 21.6 Å². The number of hydrogen-bond donors (Lipinski definition) is 1. The van der Waals surface area contributed by atoms with Gasteiger partial charge in [0.25, 0.3) is 5.91 Å². The first-order valence-corrected chi connectivity index (χ1v) is 19.5. The molecule has 2 aromatic carbocycles. The van der Waals surface area contributed by atoms with Crippen LogP contribution >= 0.6 is 0 Å². The topological polar surface area (TPSA) is 110 Å². The van der Waals surface area contributed by atoms with E-state index < -0.39 is 21.9 Å². The summed E-state index contributed by atoms with van der Waals surface area (Å²) in [6.07, 6.45) is 10.2. The summed E-state index contributed by atoms with van der Waals surface area (Å²) in [5.74, 6) is 0.842. The Kier molecular flexibility index (Phi) is 9.53. The van der Waals surface area contributed by atoms with Gasteiger partial charge in [-0.1, -0.05) is 42.8 Å². The Balaban J connectivity index is 1.28. The van der Waals surface area contributed by atoms with Crippen LogP contribution in [0, 0.1) is 24.7 Å². The zero-order valence-corrected chi connectivity index (χ0v) is 30.0. The van der Waals surface area contributed by atoms with Gasteiger partial charge in [0.2, 0.25) is 0 Å². The minimum atomic E-state index is -3.45. The predicted molar refractivity (Wildman–Crippen MR) is 191 cm³/mol. The molecule has 1 saturated heterocycles. The van der Waals surface area contributed by atoms with Gasteiger partial charge in [-0.2, -0.15) is 0 Å². The number of ether oxygens (including phenoxy) is 3. The summed E-state index contributed by atoms with van der Waals surface area (Å²) in [6, 6.07) is 11.8. The van der Waals surface area contributed by atoms with E-state index in [2.05, 4.69) is 51.3 Å². The van der Waals surface area contributed by atoms with Crippen LogP contribution in [0.3, 0.4) is 0 Å². The van der Waals surface area contributed by atoms with Gasteiger partial charge in [-0.3, -0.25) is 9.52 Å². The second-order valence-electron chi connectivity index (χ2n) is 15.0. The molecule has 264 valence electrons. The first-order chi connectivity index (χ1) is 23.6. The average Bonchev–Trinajstić information content (AvgIpc) is 3.18. The standard InChI is InChI=1S/C38H50N4O6S/c1-25-10-14-32-27(17-25)8-6-16-38(32)23-42-19-29-11-13-31(29)34(47-4)9-5-7-26(2)22-49(45,40-37(44)41-20-30(21-41)46-3)39-36(43)28-12-15-35(48-24-38)33(42)18-28/h5,9-10,12,14-15,17-18,26,29-31,34H,6-8,11,13,16,19-24H2,1-4H3,(H,39,40,43,44,45)/b9-5+/t26-,29-,31+,34-,38-,49-/m0/s1. The Labute approximate surface area is 290 Å². The molecule has 2 fully saturated rings. The van der Waals surface area contributed by atoms with Gasteiger partial charge in [-0.05, 0) is 92.5 Å². The van der Waals surface area contributed by atoms with E-state index in [0.717, 1.165) is 56.6 Å². The normalized spacial score (nSPS) is 32.4. The van der Waals surface area contributed by atoms with Crippen LogP contribution in [0.2, 0.25) is 0 Å². The van der Waals surface area contributed by atoms with Gasteiger partial charge in [0.05, 0.1) is 43.3 Å². The van der Waals surface area contributed by atoms with Crippen molar-refractivity contribution < 1.29 is 28.0 Å². The number of nitrogens with one attached hydrogen (secondary N) is 1. The zero-order chi connectivity index (χ0) is 34.3. The lowest BCUT2D eigenvalue weighted by Gasteiger charge is -2.46. The molecule has 3 aliphatic heterocycles. The van der Waals surface area contributed by atoms with Gasteiger partial charge >= 0.3 is 6.03 Å². The molecule has 7 rings (SSSR count). The second-order valence-corrected chi connectivity index (χ2v) is 17.0. The number of benzene rings is 2. The summed E-state index contributed by atoms with van der Waals surface area (Å²) >= 11 is 0. The molecule has 11 heteroatoms. The van der Waals surface area contributed by atoms with Crippen molar-refractivity contribution in [3.63, 3.8) is 0 Å². The van der Waals surface area contributed by atoms with Crippen LogP contribution < -0.4 is 14.4 Å². The first kappa shape index (κ1) is 34.1. The number of fused-ring (bicyclic) bond motifs is 4. The quantitative estimate of drug-likeness (QED) is 0.414. The van der Waals surface area contributed by atoms with Crippen molar-refractivity contribution in [2.45, 2.75) is 70.0 Å². The van der Waals surface area contributed by atoms with Crippen molar-refractivity contribution in [3.8, 4) is 5.75 Å². The van der Waals surface area contributed by atoms with Crippen LogP contribution in [0.25, 0.3) is 0 Å². The maximum atomic E-state index is 14.4. The number of rotatable bonds is 3. The van der Waals surface area contributed by atoms with Gasteiger partial charge < -0.3 is 24.0 Å². The van der Waals surface area contributed by atoms with Gasteiger partial charge in [-0.15, -0.1) is 4.36 Å². The lowest BCUT2D eigenvalue weighted by molar-refractivity contribution is -0.00645. The van der Waals surface area contributed by atoms with E-state index in [4.69, 9.17) is 14.2 Å². The van der Waals surface area contributed by atoms with E-state index in [9.17, 15) is 13.8 Å². The Morgan fingerprint density at radius 2 is 1.94 bits per heavy atom. The molecule has 5 aliphatic rings. The van der Waals surface area contributed by atoms with Crippen molar-refractivity contribution in [1.82, 2.24) is 9.62 Å². The second kappa shape index (κ2) is 13.7. The molecule has 10 nitrogen and oxygen atoms in total. The highest BCUT2D eigenvalue weighted by atomic mass is 32.2. The fraction of sp³-hybridized carbons (Fsp3) is 0.579. The van der Waals surface area contributed by atoms with Gasteiger partial charge in [0.15, 0.2) is 0 Å². The summed E-state index contributed by atoms with van der Waals surface area (Å²) in [5.41, 5.74) is 5.03. The summed E-state index contributed by atoms with van der Waals surface area (Å²) < 4.78 is 39.4. The number of carbonyl (C=O) groups excluding carboxylic acids is 2. The number of likely N-dealkylation sites (tertiary alicyclic amines) is 1. The Morgan fingerprint density at radius 3 is 2.69 bits per heavy atom. The lowest BCUT2D eigenvalue weighted by atomic mass is 9.68. The van der Waals surface area contributed by atoms with Crippen LogP contribution in [0.5, 0.6) is 5.75 Å². The molecule has 2 aromatic rings. The Bertz CT molecular complexity index is 1750. The molecule has 2 aliphatic carbocycles. The van der Waals surface area contributed by atoms with Gasteiger partial charge in [0, 0.05) is 38.3 Å². The van der Waals surface area contributed by atoms with Crippen LogP contribution in [-0.2, 0) is 31.2 Å². The lowest BCUT2D eigenvalue weighted by Crippen LogP contribution is -2.58. The average molecular weight is 691 g/mol. The third kappa shape index (κ3) is 6.86. The number of nitrogens with zero attached hydrogens (tertiary/aromatic N) is 3. The van der Waals surface area contributed by atoms with Crippen molar-refractivity contribution in [2.75, 3.05) is 57.7 Å². The third-order valence-electron chi connectivity index (χ3n) is 11.4. The highest BCUT2D eigenvalue weighted by molar-refractivity contribution is 7.92. The largest absolute Gasteiger partial charge is 0.490 e. The molecule has 3 amide bonds. The maximum Gasteiger partial charge on any atom is 0.330 e. The van der Waals surface area contributed by atoms with Crippen LogP contribution in [-0.4, -0.2) is 86.0 Å². The molecule has 0 aromatic heterocycles. The maximum absolute atomic E-state index is 14.4. The van der Waals surface area contributed by atoms with E-state index in [-0.39, 0.29) is 29.3 Å². The number of hydrogen-bond acceptors (Lipinski definition) is 7. The molecule has 0 unspecified atom stereocenters. The molecular weight excluding hydrogens is 641 g/mol. The number of anilines is 1. The van der Waals surface area contributed by atoms with Crippen molar-refractivity contribution in [3.05, 3.63) is 70.8 Å². The smallest absolute Gasteiger partial charge is 0.330 e. The predicted octanol–water partition coefficient (Wildman–Crippen LogP) is 5.67. The number of carbonyl (C=O) groups is 2. The molecule has 49 heavy (non-hydrogen) atoms. The molecule has 1 saturated carbocycles. The van der Waals surface area contributed by atoms with Crippen LogP contribution in [0.4, 0.5) is 10.5 Å². The Hall–Kier alpha value is -3.41. The van der Waals surface area contributed by atoms with Crippen LogP contribution in [0.1, 0.15) is 66.1 Å². The molecule has 1 N–H and O–H groups in total. The summed E-state index contributed by atoms with van der Waals surface area (Å²) in [5, 5.41) is 0. The fourth-order valence-electron chi connectivity index (χ4n) is 8.48. The van der Waals surface area contributed by atoms with Crippen molar-refractivity contribution >= 4 is 27.5 Å². The molecule has 6 atom stereocenters. The highest BCUT2D eigenvalue weighted by Gasteiger charge is 2.44. The monoisotopic (exact) mass is 690 g/mol. The Morgan fingerprint density at radius 1 is 1.10 bits per heavy atom. The minimum absolute atomic E-state index is 0.0318. The summed E-state index contributed by atoms with van der Waals surface area (Å²) in [6.45, 7) is 7.06. The SMILES string of the molecule is COC1CN(C(=O)N[S@@]2(=O)=NC(=O)c3ccc4c(c3)N(C[C@@H]3CC[C@H]3[C@@H](OC)/C=C/C[C@H](C)C2)C[C@@]2(CCCc3cc(C)ccc32)CO4)C1. The third-order valence-corrected chi connectivity index (χ3v) is 13.4. The van der Waals surface area contributed by atoms with E-state index >= 15 is 0 Å². The summed E-state index contributed by atoms with van der Waals surface area (Å²) in [4.78, 5) is 31.0. The van der Waals surface area contributed by atoms with E-state index in [1.807, 2.05) is 19.1 Å². The zero-order valence-electron chi connectivity index (χ0n) is 29.2. The van der Waals surface area contributed by atoms with Crippen molar-refractivity contribution in [2.24, 2.45) is 22.1 Å². The van der Waals surface area contributed by atoms with Gasteiger partial charge in [-0.25, -0.2) is 9.00 Å². The number of methoxy groups -OCH3 is 2. The number of allylic oxidation sites excluding steroid dienone is 1. The molecule has 1 spiro atoms.